The summed E-state index contributed by atoms with van der Waals surface area (Å²) in [5.41, 5.74) is 1.74. The van der Waals surface area contributed by atoms with E-state index in [1.807, 2.05) is 0 Å². The average Bonchev–Trinajstić information content (AvgIpc) is 2.94. The topological polar surface area (TPSA) is 64.6 Å². The van der Waals surface area contributed by atoms with E-state index in [0.29, 0.717) is 28.3 Å². The van der Waals surface area contributed by atoms with Crippen LogP contribution in [-0.4, -0.2) is 18.5 Å². The summed E-state index contributed by atoms with van der Waals surface area (Å²) in [6.45, 7) is 1.62. The second-order valence-corrected chi connectivity index (χ2v) is 4.66. The maximum atomic E-state index is 12.4. The third-order valence-electron chi connectivity index (χ3n) is 3.10. The lowest BCUT2D eigenvalue weighted by atomic mass is 10.0. The molecule has 0 fully saturated rings. The molecule has 0 aromatic heterocycles. The number of amides is 1. The third kappa shape index (κ3) is 2.72. The van der Waals surface area contributed by atoms with E-state index in [-0.39, 0.29) is 18.5 Å². The zero-order valence-electron chi connectivity index (χ0n) is 11.4. The molecule has 2 aromatic carbocycles. The maximum absolute atomic E-state index is 12.4. The summed E-state index contributed by atoms with van der Waals surface area (Å²) in [5.74, 6) is 0.968. The van der Waals surface area contributed by atoms with Gasteiger partial charge in [-0.3, -0.25) is 9.59 Å². The zero-order valence-corrected chi connectivity index (χ0v) is 11.4. The van der Waals surface area contributed by atoms with Crippen molar-refractivity contribution in [2.45, 2.75) is 6.92 Å². The minimum absolute atomic E-state index is 0.109. The Balaban J connectivity index is 1.83. The molecule has 0 bridgehead atoms. The number of fused-ring (bicyclic) bond motifs is 1. The Kier molecular flexibility index (Phi) is 3.31. The van der Waals surface area contributed by atoms with E-state index in [4.69, 9.17) is 9.47 Å². The molecule has 1 N–H and O–H groups in total. The standard InChI is InChI=1S/C16H13NO4/c1-10(18)17-13-5-2-11(3-6-13)16(19)12-4-7-14-15(8-12)21-9-20-14/h2-8H,9H2,1H3,(H,17,18). The SMILES string of the molecule is CC(=O)Nc1ccc(C(=O)c2ccc3c(c2)OCO3)cc1. The number of ketones is 1. The van der Waals surface area contributed by atoms with Crippen LogP contribution in [0.4, 0.5) is 5.69 Å². The molecule has 5 heteroatoms. The van der Waals surface area contributed by atoms with E-state index in [2.05, 4.69) is 5.32 Å². The molecule has 1 heterocycles. The number of rotatable bonds is 3. The fourth-order valence-electron chi connectivity index (χ4n) is 2.11. The van der Waals surface area contributed by atoms with Crippen molar-refractivity contribution in [2.75, 3.05) is 12.1 Å². The van der Waals surface area contributed by atoms with E-state index in [9.17, 15) is 9.59 Å². The van der Waals surface area contributed by atoms with Crippen LogP contribution < -0.4 is 14.8 Å². The monoisotopic (exact) mass is 283 g/mol. The first kappa shape index (κ1) is 13.2. The minimum atomic E-state index is -0.148. The Hall–Kier alpha value is -2.82. The van der Waals surface area contributed by atoms with Gasteiger partial charge in [-0.05, 0) is 42.5 Å². The number of carbonyl (C=O) groups excluding carboxylic acids is 2. The predicted molar refractivity (Wildman–Crippen MR) is 76.7 cm³/mol. The lowest BCUT2D eigenvalue weighted by molar-refractivity contribution is -0.114. The number of hydrogen-bond acceptors (Lipinski definition) is 4. The third-order valence-corrected chi connectivity index (χ3v) is 3.10. The minimum Gasteiger partial charge on any atom is -0.454 e. The molecule has 21 heavy (non-hydrogen) atoms. The van der Waals surface area contributed by atoms with Crippen molar-refractivity contribution < 1.29 is 19.1 Å². The first-order chi connectivity index (χ1) is 10.1. The van der Waals surface area contributed by atoms with Gasteiger partial charge in [0, 0.05) is 23.7 Å². The molecular weight excluding hydrogens is 270 g/mol. The Morgan fingerprint density at radius 2 is 1.62 bits per heavy atom. The highest BCUT2D eigenvalue weighted by Gasteiger charge is 2.17. The summed E-state index contributed by atoms with van der Waals surface area (Å²) in [6, 6.07) is 11.9. The molecule has 0 unspecified atom stereocenters. The van der Waals surface area contributed by atoms with E-state index in [0.717, 1.165) is 0 Å². The van der Waals surface area contributed by atoms with Crippen LogP contribution in [-0.2, 0) is 4.79 Å². The van der Waals surface area contributed by atoms with Gasteiger partial charge >= 0.3 is 0 Å². The first-order valence-electron chi connectivity index (χ1n) is 6.45. The zero-order chi connectivity index (χ0) is 14.8. The lowest BCUT2D eigenvalue weighted by Gasteiger charge is -2.05. The molecule has 5 nitrogen and oxygen atoms in total. The summed E-state index contributed by atoms with van der Waals surface area (Å²) >= 11 is 0. The van der Waals surface area contributed by atoms with Gasteiger partial charge in [-0.15, -0.1) is 0 Å². The van der Waals surface area contributed by atoms with Crippen LogP contribution in [0, 0.1) is 0 Å². The molecule has 0 saturated heterocycles. The summed E-state index contributed by atoms with van der Waals surface area (Å²) in [4.78, 5) is 23.4. The van der Waals surface area contributed by atoms with Crippen molar-refractivity contribution in [1.82, 2.24) is 0 Å². The molecule has 0 saturated carbocycles. The fraction of sp³-hybridized carbons (Fsp3) is 0.125. The number of hydrogen-bond donors (Lipinski definition) is 1. The van der Waals surface area contributed by atoms with Crippen LogP contribution in [0.3, 0.4) is 0 Å². The van der Waals surface area contributed by atoms with Gasteiger partial charge in [-0.2, -0.15) is 0 Å². The molecule has 1 amide bonds. The molecule has 3 rings (SSSR count). The molecule has 1 aliphatic rings. The quantitative estimate of drug-likeness (QED) is 0.879. The second-order valence-electron chi connectivity index (χ2n) is 4.66. The first-order valence-corrected chi connectivity index (χ1v) is 6.45. The van der Waals surface area contributed by atoms with Crippen molar-refractivity contribution in [2.24, 2.45) is 0 Å². The van der Waals surface area contributed by atoms with E-state index in [1.165, 1.54) is 6.92 Å². The highest BCUT2D eigenvalue weighted by atomic mass is 16.7. The van der Waals surface area contributed by atoms with Crippen LogP contribution in [0.5, 0.6) is 11.5 Å². The van der Waals surface area contributed by atoms with Crippen molar-refractivity contribution in [3.8, 4) is 11.5 Å². The van der Waals surface area contributed by atoms with Crippen molar-refractivity contribution in [1.29, 1.82) is 0 Å². The largest absolute Gasteiger partial charge is 0.454 e. The van der Waals surface area contributed by atoms with Crippen LogP contribution in [0.1, 0.15) is 22.8 Å². The van der Waals surface area contributed by atoms with Gasteiger partial charge in [-0.25, -0.2) is 0 Å². The summed E-state index contributed by atoms with van der Waals surface area (Å²) in [5, 5.41) is 2.66. The summed E-state index contributed by atoms with van der Waals surface area (Å²) in [7, 11) is 0. The molecule has 0 spiro atoms. The van der Waals surface area contributed by atoms with Gasteiger partial charge < -0.3 is 14.8 Å². The highest BCUT2D eigenvalue weighted by molar-refractivity contribution is 6.09. The average molecular weight is 283 g/mol. The summed E-state index contributed by atoms with van der Waals surface area (Å²) in [6.07, 6.45) is 0. The smallest absolute Gasteiger partial charge is 0.231 e. The van der Waals surface area contributed by atoms with E-state index >= 15 is 0 Å². The van der Waals surface area contributed by atoms with Crippen molar-refractivity contribution >= 4 is 17.4 Å². The van der Waals surface area contributed by atoms with Gasteiger partial charge in [-0.1, -0.05) is 0 Å². The van der Waals surface area contributed by atoms with Gasteiger partial charge in [0.1, 0.15) is 0 Å². The van der Waals surface area contributed by atoms with Gasteiger partial charge in [0.05, 0.1) is 0 Å². The summed E-state index contributed by atoms with van der Waals surface area (Å²) < 4.78 is 10.5. The van der Waals surface area contributed by atoms with E-state index < -0.39 is 0 Å². The van der Waals surface area contributed by atoms with Gasteiger partial charge in [0.2, 0.25) is 12.7 Å². The predicted octanol–water partition coefficient (Wildman–Crippen LogP) is 2.60. The van der Waals surface area contributed by atoms with Gasteiger partial charge in [0.15, 0.2) is 17.3 Å². The molecule has 0 radical (unpaired) electrons. The molecule has 0 aliphatic carbocycles. The molecule has 106 valence electrons. The normalized spacial score (nSPS) is 12.0. The Morgan fingerprint density at radius 1 is 0.952 bits per heavy atom. The lowest BCUT2D eigenvalue weighted by Crippen LogP contribution is -2.06. The van der Waals surface area contributed by atoms with Crippen molar-refractivity contribution in [3.05, 3.63) is 53.6 Å². The Bertz CT molecular complexity index is 707. The molecule has 0 atom stereocenters. The van der Waals surface area contributed by atoms with Crippen molar-refractivity contribution in [3.63, 3.8) is 0 Å². The molecule has 1 aliphatic heterocycles. The van der Waals surface area contributed by atoms with Crippen LogP contribution in [0.15, 0.2) is 42.5 Å². The fourth-order valence-corrected chi connectivity index (χ4v) is 2.11. The number of nitrogens with one attached hydrogen (secondary N) is 1. The van der Waals surface area contributed by atoms with Crippen LogP contribution in [0.2, 0.25) is 0 Å². The number of benzene rings is 2. The Morgan fingerprint density at radius 3 is 2.33 bits per heavy atom. The molecule has 2 aromatic rings. The van der Waals surface area contributed by atoms with E-state index in [1.54, 1.807) is 42.5 Å². The van der Waals surface area contributed by atoms with Gasteiger partial charge in [0.25, 0.3) is 0 Å². The number of anilines is 1. The Labute approximate surface area is 121 Å². The maximum Gasteiger partial charge on any atom is 0.231 e. The van der Waals surface area contributed by atoms with Crippen LogP contribution in [0.25, 0.3) is 0 Å². The molecular formula is C16H13NO4. The van der Waals surface area contributed by atoms with Crippen LogP contribution >= 0.6 is 0 Å². The number of carbonyl (C=O) groups is 2. The highest BCUT2D eigenvalue weighted by Crippen LogP contribution is 2.33. The number of ether oxygens (including phenoxy) is 2. The second kappa shape index (κ2) is 5.28.